The van der Waals surface area contributed by atoms with Crippen LogP contribution in [-0.2, 0) is 29.5 Å². The minimum absolute atomic E-state index is 0.0796. The minimum atomic E-state index is -0.592. The van der Waals surface area contributed by atoms with Crippen molar-refractivity contribution in [1.29, 1.82) is 0 Å². The van der Waals surface area contributed by atoms with Gasteiger partial charge in [0.25, 0.3) is 5.91 Å². The van der Waals surface area contributed by atoms with Gasteiger partial charge in [0.05, 0.1) is 40.6 Å². The highest BCUT2D eigenvalue weighted by atomic mass is 32.1. The van der Waals surface area contributed by atoms with Crippen LogP contribution in [0.3, 0.4) is 0 Å². The van der Waals surface area contributed by atoms with Crippen LogP contribution in [0.4, 0.5) is 9.59 Å². The second kappa shape index (κ2) is 13.0. The summed E-state index contributed by atoms with van der Waals surface area (Å²) in [7, 11) is 3.65. The zero-order valence-corrected chi connectivity index (χ0v) is 33.0. The number of carbonyl (C=O) groups excluding carboxylic acids is 3. The van der Waals surface area contributed by atoms with Crippen LogP contribution in [0.2, 0.25) is 0 Å². The molecule has 3 atom stereocenters. The first-order valence-corrected chi connectivity index (χ1v) is 19.9. The number of imidazole rings is 1. The van der Waals surface area contributed by atoms with Crippen LogP contribution in [0.15, 0.2) is 23.6 Å². The van der Waals surface area contributed by atoms with Gasteiger partial charge in [0.1, 0.15) is 22.5 Å². The molecule has 1 aromatic carbocycles. The van der Waals surface area contributed by atoms with Gasteiger partial charge in [-0.3, -0.25) is 4.79 Å². The number of aromatic nitrogens is 3. The van der Waals surface area contributed by atoms with E-state index in [0.717, 1.165) is 42.8 Å². The molecule has 0 radical (unpaired) electrons. The van der Waals surface area contributed by atoms with Gasteiger partial charge in [0, 0.05) is 38.8 Å². The molecule has 2 aliphatic heterocycles. The fourth-order valence-electron chi connectivity index (χ4n) is 8.58. The number of likely N-dealkylation sites (tertiary alicyclic amines) is 2. The summed E-state index contributed by atoms with van der Waals surface area (Å²) in [6.07, 6.45) is 4.47. The number of thiophene rings is 1. The van der Waals surface area contributed by atoms with Crippen molar-refractivity contribution in [2.75, 3.05) is 26.7 Å². The van der Waals surface area contributed by atoms with Crippen molar-refractivity contribution in [2.24, 2.45) is 24.8 Å². The monoisotopic (exact) mass is 744 g/mol. The van der Waals surface area contributed by atoms with E-state index in [1.165, 1.54) is 28.6 Å². The van der Waals surface area contributed by atoms with Gasteiger partial charge in [-0.15, -0.1) is 11.3 Å². The average Bonchev–Trinajstić information content (AvgIpc) is 3.29. The lowest BCUT2D eigenvalue weighted by Gasteiger charge is -2.39. The molecule has 2 saturated heterocycles. The number of alkyl carbamates (subject to hydrolysis) is 1. The van der Waals surface area contributed by atoms with E-state index in [4.69, 9.17) is 19.2 Å². The van der Waals surface area contributed by atoms with Gasteiger partial charge in [-0.1, -0.05) is 0 Å². The maximum atomic E-state index is 14.2. The standard InChI is InChI=1S/C40H52N6O6S/c1-39(2,3)51-37(48)42-32-24-11-12-28(32)46(20-24)36(47)25-14-27-34(30(15-25)50-8)43(7)35(41-27)29-16-31-33(45(29)19-22-9-10-22)26(21-53-31)13-23-17-44(18-23)38(49)52-40(4,5)6/h14-16,21-24,28,32H,9-13,17-20H2,1-8H3,(H,42,48)/t24-,28-,32-/m1/s1. The predicted molar refractivity (Wildman–Crippen MR) is 205 cm³/mol. The second-order valence-electron chi connectivity index (χ2n) is 17.6. The lowest BCUT2D eigenvalue weighted by atomic mass is 9.93. The molecule has 2 aliphatic carbocycles. The van der Waals surface area contributed by atoms with Crippen LogP contribution in [0.1, 0.15) is 83.1 Å². The number of hydrogen-bond acceptors (Lipinski definition) is 8. The lowest BCUT2D eigenvalue weighted by Crippen LogP contribution is -2.52. The molecule has 0 unspecified atom stereocenters. The van der Waals surface area contributed by atoms with Gasteiger partial charge in [-0.05, 0) is 121 Å². The van der Waals surface area contributed by atoms with Crippen molar-refractivity contribution >= 4 is 50.7 Å². The van der Waals surface area contributed by atoms with E-state index in [9.17, 15) is 14.4 Å². The molecule has 3 aromatic heterocycles. The molecule has 2 saturated carbocycles. The third-order valence-corrected chi connectivity index (χ3v) is 12.1. The highest BCUT2D eigenvalue weighted by Gasteiger charge is 2.50. The number of ether oxygens (including phenoxy) is 3. The van der Waals surface area contributed by atoms with Crippen LogP contribution >= 0.6 is 11.3 Å². The summed E-state index contributed by atoms with van der Waals surface area (Å²) in [5, 5.41) is 5.34. The van der Waals surface area contributed by atoms with E-state index in [1.807, 2.05) is 65.6 Å². The molecule has 4 aliphatic rings. The van der Waals surface area contributed by atoms with Gasteiger partial charge >= 0.3 is 12.2 Å². The first-order chi connectivity index (χ1) is 25.1. The molecule has 2 bridgehead atoms. The number of amides is 3. The number of nitrogens with zero attached hydrogens (tertiary/aromatic N) is 5. The van der Waals surface area contributed by atoms with E-state index in [0.29, 0.717) is 48.3 Å². The van der Waals surface area contributed by atoms with Gasteiger partial charge in [-0.25, -0.2) is 14.6 Å². The molecule has 1 N–H and O–H groups in total. The quantitative estimate of drug-likeness (QED) is 0.203. The van der Waals surface area contributed by atoms with Crippen molar-refractivity contribution in [3.05, 3.63) is 34.7 Å². The minimum Gasteiger partial charge on any atom is -0.494 e. The van der Waals surface area contributed by atoms with E-state index < -0.39 is 17.3 Å². The van der Waals surface area contributed by atoms with E-state index in [1.54, 1.807) is 23.3 Å². The Bertz CT molecular complexity index is 2090. The van der Waals surface area contributed by atoms with Gasteiger partial charge in [-0.2, -0.15) is 0 Å². The largest absolute Gasteiger partial charge is 0.494 e. The molecule has 53 heavy (non-hydrogen) atoms. The summed E-state index contributed by atoms with van der Waals surface area (Å²) in [5.41, 5.74) is 4.62. The first-order valence-electron chi connectivity index (χ1n) is 19.0. The number of methoxy groups -OCH3 is 1. The topological polar surface area (TPSA) is 120 Å². The fourth-order valence-corrected chi connectivity index (χ4v) is 9.59. The zero-order chi connectivity index (χ0) is 37.6. The Morgan fingerprint density at radius 2 is 1.66 bits per heavy atom. The molecule has 12 nitrogen and oxygen atoms in total. The Kier molecular flexibility index (Phi) is 8.74. The summed E-state index contributed by atoms with van der Waals surface area (Å²) in [6, 6.07) is 5.76. The van der Waals surface area contributed by atoms with Gasteiger partial charge in [0.15, 0.2) is 5.82 Å². The molecule has 5 heterocycles. The lowest BCUT2D eigenvalue weighted by molar-refractivity contribution is -0.000863. The molecule has 8 rings (SSSR count). The predicted octanol–water partition coefficient (Wildman–Crippen LogP) is 7.21. The Morgan fingerprint density at radius 3 is 2.34 bits per heavy atom. The summed E-state index contributed by atoms with van der Waals surface area (Å²) >= 11 is 1.76. The van der Waals surface area contributed by atoms with Gasteiger partial charge < -0.3 is 38.5 Å². The molecule has 4 fully saturated rings. The maximum Gasteiger partial charge on any atom is 0.410 e. The number of piperidine rings is 1. The number of carbonyl (C=O) groups is 3. The molecular formula is C40H52N6O6S. The highest BCUT2D eigenvalue weighted by Crippen LogP contribution is 2.43. The van der Waals surface area contributed by atoms with Crippen LogP contribution in [0.25, 0.3) is 32.8 Å². The summed E-state index contributed by atoms with van der Waals surface area (Å²) in [4.78, 5) is 48.3. The summed E-state index contributed by atoms with van der Waals surface area (Å²) < 4.78 is 22.8. The van der Waals surface area contributed by atoms with Gasteiger partial charge in [0.2, 0.25) is 0 Å². The third-order valence-electron chi connectivity index (χ3n) is 11.1. The number of nitrogens with one attached hydrogen (secondary N) is 1. The zero-order valence-electron chi connectivity index (χ0n) is 32.2. The second-order valence-corrected chi connectivity index (χ2v) is 18.5. The Morgan fingerprint density at radius 1 is 0.925 bits per heavy atom. The van der Waals surface area contributed by atoms with Crippen molar-refractivity contribution in [3.63, 3.8) is 0 Å². The Labute approximate surface area is 314 Å². The van der Waals surface area contributed by atoms with E-state index in [2.05, 4.69) is 25.9 Å². The smallest absolute Gasteiger partial charge is 0.410 e. The normalized spacial score (nSPS) is 21.8. The van der Waals surface area contributed by atoms with Crippen LogP contribution in [0.5, 0.6) is 5.75 Å². The summed E-state index contributed by atoms with van der Waals surface area (Å²) in [5.74, 6) is 2.57. The number of rotatable bonds is 8. The number of fused-ring (bicyclic) bond motifs is 4. The van der Waals surface area contributed by atoms with Crippen molar-refractivity contribution in [2.45, 2.75) is 103 Å². The number of aryl methyl sites for hydroxylation is 1. The highest BCUT2D eigenvalue weighted by molar-refractivity contribution is 7.17. The van der Waals surface area contributed by atoms with Crippen molar-refractivity contribution in [1.82, 2.24) is 29.2 Å². The van der Waals surface area contributed by atoms with E-state index in [-0.39, 0.29) is 30.0 Å². The SMILES string of the molecule is COc1cc(C(=O)N2C[C@H]3CC[C@@H]2[C@@H]3NC(=O)OC(C)(C)C)cc2nc(-c3cc4scc(CC5CN(C(=O)OC(C)(C)C)C5)c4n3CC3CC3)n(C)c12. The third kappa shape index (κ3) is 6.85. The first kappa shape index (κ1) is 35.8. The van der Waals surface area contributed by atoms with Crippen molar-refractivity contribution < 1.29 is 28.6 Å². The van der Waals surface area contributed by atoms with Crippen LogP contribution in [0, 0.1) is 17.8 Å². The Balaban J connectivity index is 1.07. The molecule has 0 spiro atoms. The van der Waals surface area contributed by atoms with E-state index >= 15 is 0 Å². The fraction of sp³-hybridized carbons (Fsp3) is 0.600. The molecule has 284 valence electrons. The van der Waals surface area contributed by atoms with Crippen LogP contribution < -0.4 is 10.1 Å². The van der Waals surface area contributed by atoms with Crippen molar-refractivity contribution in [3.8, 4) is 17.3 Å². The molecular weight excluding hydrogens is 693 g/mol. The Hall–Kier alpha value is -4.26. The molecule has 4 aromatic rings. The summed E-state index contributed by atoms with van der Waals surface area (Å²) in [6.45, 7) is 14.2. The number of benzene rings is 1. The maximum absolute atomic E-state index is 14.2. The average molecular weight is 745 g/mol. The van der Waals surface area contributed by atoms with Crippen LogP contribution in [-0.4, -0.2) is 92.0 Å². The number of hydrogen-bond donors (Lipinski definition) is 1. The molecule has 3 amide bonds. The molecule has 13 heteroatoms.